The summed E-state index contributed by atoms with van der Waals surface area (Å²) >= 11 is 0. The minimum absolute atomic E-state index is 0.697. The third-order valence-electron chi connectivity index (χ3n) is 5.13. The summed E-state index contributed by atoms with van der Waals surface area (Å²) in [5.74, 6) is 0.697. The lowest BCUT2D eigenvalue weighted by atomic mass is 10.0. The first-order chi connectivity index (χ1) is 11.8. The Bertz CT molecular complexity index is 796. The Kier molecular flexibility index (Phi) is 3.74. The second kappa shape index (κ2) is 6.05. The van der Waals surface area contributed by atoms with Crippen LogP contribution in [0.1, 0.15) is 18.9 Å². The molecular formula is C21H21N3. The van der Waals surface area contributed by atoms with Gasteiger partial charge < -0.3 is 9.80 Å². The van der Waals surface area contributed by atoms with Gasteiger partial charge in [0.25, 0.3) is 0 Å². The number of hydrogen-bond acceptors (Lipinski definition) is 3. The van der Waals surface area contributed by atoms with E-state index >= 15 is 0 Å². The van der Waals surface area contributed by atoms with Crippen molar-refractivity contribution in [1.82, 2.24) is 4.90 Å². The highest BCUT2D eigenvalue weighted by atomic mass is 15.2. The zero-order chi connectivity index (χ0) is 16.5. The van der Waals surface area contributed by atoms with E-state index in [1.807, 2.05) is 24.3 Å². The molecule has 2 aromatic rings. The van der Waals surface area contributed by atoms with E-state index in [0.717, 1.165) is 18.7 Å². The van der Waals surface area contributed by atoms with Crippen molar-refractivity contribution in [2.75, 3.05) is 24.5 Å². The largest absolute Gasteiger partial charge is 0.376 e. The van der Waals surface area contributed by atoms with Crippen molar-refractivity contribution in [2.24, 2.45) is 5.92 Å². The Hall–Kier alpha value is -2.73. The average molecular weight is 315 g/mol. The van der Waals surface area contributed by atoms with Gasteiger partial charge in [-0.3, -0.25) is 0 Å². The highest BCUT2D eigenvalue weighted by Crippen LogP contribution is 2.37. The van der Waals surface area contributed by atoms with E-state index in [4.69, 9.17) is 5.26 Å². The molecule has 24 heavy (non-hydrogen) atoms. The number of nitriles is 1. The van der Waals surface area contributed by atoms with Crippen LogP contribution in [0.2, 0.25) is 0 Å². The summed E-state index contributed by atoms with van der Waals surface area (Å²) in [5, 5.41) is 8.90. The lowest BCUT2D eigenvalue weighted by Gasteiger charge is -2.20. The third-order valence-corrected chi connectivity index (χ3v) is 5.13. The quantitative estimate of drug-likeness (QED) is 0.849. The Morgan fingerprint density at radius 3 is 2.33 bits per heavy atom. The topological polar surface area (TPSA) is 30.3 Å². The average Bonchev–Trinajstić information content (AvgIpc) is 3.22. The Morgan fingerprint density at radius 2 is 1.71 bits per heavy atom. The molecule has 1 fully saturated rings. The van der Waals surface area contributed by atoms with Crippen molar-refractivity contribution in [3.63, 3.8) is 0 Å². The zero-order valence-electron chi connectivity index (χ0n) is 13.9. The van der Waals surface area contributed by atoms with Gasteiger partial charge in [0.15, 0.2) is 0 Å². The lowest BCUT2D eigenvalue weighted by Crippen LogP contribution is -2.18. The fraction of sp³-hybridized carbons (Fsp3) is 0.286. The SMILES string of the molecule is CCN1C=C2C(CCN2c2ccc(-c3ccc(C#N)cc3)cc2)C1. The van der Waals surface area contributed by atoms with Crippen LogP contribution < -0.4 is 4.90 Å². The normalized spacial score (nSPS) is 19.2. The Labute approximate surface area is 143 Å². The number of fused-ring (bicyclic) bond motifs is 1. The van der Waals surface area contributed by atoms with Gasteiger partial charge in [0, 0.05) is 43.1 Å². The maximum atomic E-state index is 8.90. The highest BCUT2D eigenvalue weighted by Gasteiger charge is 2.33. The Morgan fingerprint density at radius 1 is 1.04 bits per heavy atom. The van der Waals surface area contributed by atoms with Crippen LogP contribution in [-0.4, -0.2) is 24.5 Å². The molecule has 0 aliphatic carbocycles. The Balaban J connectivity index is 1.57. The summed E-state index contributed by atoms with van der Waals surface area (Å²) in [5.41, 5.74) is 5.79. The third kappa shape index (κ3) is 2.55. The van der Waals surface area contributed by atoms with Crippen molar-refractivity contribution >= 4 is 5.69 Å². The predicted octanol–water partition coefficient (Wildman–Crippen LogP) is 4.23. The maximum Gasteiger partial charge on any atom is 0.0991 e. The van der Waals surface area contributed by atoms with E-state index in [1.54, 1.807) is 0 Å². The number of hydrogen-bond donors (Lipinski definition) is 0. The molecule has 0 aromatic heterocycles. The first-order valence-corrected chi connectivity index (χ1v) is 8.62. The molecule has 0 spiro atoms. The van der Waals surface area contributed by atoms with E-state index in [1.165, 1.54) is 29.9 Å². The smallest absolute Gasteiger partial charge is 0.0991 e. The molecule has 4 rings (SSSR count). The minimum Gasteiger partial charge on any atom is -0.376 e. The summed E-state index contributed by atoms with van der Waals surface area (Å²) in [7, 11) is 0. The molecule has 0 N–H and O–H groups in total. The van der Waals surface area contributed by atoms with Gasteiger partial charge >= 0.3 is 0 Å². The number of nitrogens with zero attached hydrogens (tertiary/aromatic N) is 3. The monoisotopic (exact) mass is 315 g/mol. The molecular weight excluding hydrogens is 294 g/mol. The molecule has 0 amide bonds. The molecule has 2 heterocycles. The van der Waals surface area contributed by atoms with Crippen molar-refractivity contribution in [3.05, 3.63) is 66.0 Å². The molecule has 2 aromatic carbocycles. The summed E-state index contributed by atoms with van der Waals surface area (Å²) in [4.78, 5) is 4.88. The van der Waals surface area contributed by atoms with Crippen LogP contribution in [0.25, 0.3) is 11.1 Å². The molecule has 0 bridgehead atoms. The molecule has 0 radical (unpaired) electrons. The second-order valence-corrected chi connectivity index (χ2v) is 6.51. The van der Waals surface area contributed by atoms with E-state index in [2.05, 4.69) is 53.3 Å². The molecule has 120 valence electrons. The van der Waals surface area contributed by atoms with E-state index in [9.17, 15) is 0 Å². The first kappa shape index (κ1) is 14.8. The van der Waals surface area contributed by atoms with Crippen LogP contribution in [-0.2, 0) is 0 Å². The van der Waals surface area contributed by atoms with Gasteiger partial charge in [-0.05, 0) is 48.7 Å². The molecule has 3 nitrogen and oxygen atoms in total. The highest BCUT2D eigenvalue weighted by molar-refractivity contribution is 5.68. The summed E-state index contributed by atoms with van der Waals surface area (Å²) in [6, 6.07) is 18.7. The zero-order valence-corrected chi connectivity index (χ0v) is 13.9. The second-order valence-electron chi connectivity index (χ2n) is 6.51. The molecule has 3 heteroatoms. The molecule has 1 unspecified atom stereocenters. The van der Waals surface area contributed by atoms with Crippen molar-refractivity contribution in [1.29, 1.82) is 5.26 Å². The van der Waals surface area contributed by atoms with Crippen LogP contribution in [0.15, 0.2) is 60.4 Å². The van der Waals surface area contributed by atoms with Gasteiger partial charge in [-0.25, -0.2) is 0 Å². The van der Waals surface area contributed by atoms with Gasteiger partial charge in [-0.2, -0.15) is 5.26 Å². The number of rotatable bonds is 3. The first-order valence-electron chi connectivity index (χ1n) is 8.62. The van der Waals surface area contributed by atoms with Crippen LogP contribution in [0.4, 0.5) is 5.69 Å². The fourth-order valence-electron chi connectivity index (χ4n) is 3.73. The minimum atomic E-state index is 0.697. The molecule has 0 saturated carbocycles. The van der Waals surface area contributed by atoms with Crippen molar-refractivity contribution < 1.29 is 0 Å². The molecule has 2 aliphatic heterocycles. The van der Waals surface area contributed by atoms with Gasteiger partial charge in [0.2, 0.25) is 0 Å². The summed E-state index contributed by atoms with van der Waals surface area (Å²) in [6.07, 6.45) is 3.59. The summed E-state index contributed by atoms with van der Waals surface area (Å²) < 4.78 is 0. The maximum absolute atomic E-state index is 8.90. The van der Waals surface area contributed by atoms with Crippen LogP contribution in [0.3, 0.4) is 0 Å². The van der Waals surface area contributed by atoms with Crippen LogP contribution in [0, 0.1) is 17.2 Å². The fourth-order valence-corrected chi connectivity index (χ4v) is 3.73. The predicted molar refractivity (Wildman–Crippen MR) is 97.4 cm³/mol. The molecule has 1 atom stereocenters. The summed E-state index contributed by atoms with van der Waals surface area (Å²) in [6.45, 7) is 5.59. The van der Waals surface area contributed by atoms with Crippen LogP contribution in [0.5, 0.6) is 0 Å². The lowest BCUT2D eigenvalue weighted by molar-refractivity contribution is 0.384. The number of benzene rings is 2. The van der Waals surface area contributed by atoms with E-state index in [-0.39, 0.29) is 0 Å². The van der Waals surface area contributed by atoms with E-state index < -0.39 is 0 Å². The van der Waals surface area contributed by atoms with Gasteiger partial charge in [-0.15, -0.1) is 0 Å². The van der Waals surface area contributed by atoms with Crippen molar-refractivity contribution in [3.8, 4) is 17.2 Å². The van der Waals surface area contributed by atoms with Crippen LogP contribution >= 0.6 is 0 Å². The van der Waals surface area contributed by atoms with E-state index in [0.29, 0.717) is 11.5 Å². The molecule has 1 saturated heterocycles. The molecule has 2 aliphatic rings. The number of anilines is 1. The van der Waals surface area contributed by atoms with Crippen molar-refractivity contribution in [2.45, 2.75) is 13.3 Å². The van der Waals surface area contributed by atoms with Gasteiger partial charge in [0.05, 0.1) is 11.6 Å². The van der Waals surface area contributed by atoms with Gasteiger partial charge in [-0.1, -0.05) is 24.3 Å². The standard InChI is InChI=1S/C21H21N3/c1-2-23-14-19-11-12-24(21(19)15-23)20-9-7-18(8-10-20)17-5-3-16(13-22)4-6-17/h3-10,15,19H,2,11-12,14H2,1H3. The van der Waals surface area contributed by atoms with Gasteiger partial charge in [0.1, 0.15) is 0 Å².